The second-order valence-electron chi connectivity index (χ2n) is 8.83. The number of aromatic nitrogens is 1. The summed E-state index contributed by atoms with van der Waals surface area (Å²) in [5.41, 5.74) is 5.13. The molecule has 3 aromatic rings. The van der Waals surface area contributed by atoms with Crippen LogP contribution in [0.25, 0.3) is 10.4 Å². The van der Waals surface area contributed by atoms with Gasteiger partial charge in [0.1, 0.15) is 17.2 Å². The molecule has 1 aliphatic rings. The normalized spacial score (nSPS) is 13.1. The number of benzene rings is 2. The van der Waals surface area contributed by atoms with E-state index < -0.39 is 0 Å². The Morgan fingerprint density at radius 1 is 1.06 bits per heavy atom. The van der Waals surface area contributed by atoms with Gasteiger partial charge in [-0.05, 0) is 86.4 Å². The van der Waals surface area contributed by atoms with Crippen molar-refractivity contribution in [1.29, 1.82) is 0 Å². The van der Waals surface area contributed by atoms with Gasteiger partial charge in [-0.25, -0.2) is 4.98 Å². The zero-order chi connectivity index (χ0) is 23.5. The van der Waals surface area contributed by atoms with Crippen LogP contribution in [-0.4, -0.2) is 43.1 Å². The minimum absolute atomic E-state index is 0.0151. The third-order valence-electron chi connectivity index (χ3n) is 6.31. The van der Waals surface area contributed by atoms with E-state index in [1.54, 1.807) is 25.6 Å². The summed E-state index contributed by atoms with van der Waals surface area (Å²) < 4.78 is 10.9. The summed E-state index contributed by atoms with van der Waals surface area (Å²) in [7, 11) is 3.33. The van der Waals surface area contributed by atoms with E-state index in [-0.39, 0.29) is 5.91 Å². The fourth-order valence-electron chi connectivity index (χ4n) is 4.02. The molecule has 0 atom stereocenters. The van der Waals surface area contributed by atoms with Crippen LogP contribution in [-0.2, 0) is 6.42 Å². The molecule has 0 N–H and O–H groups in total. The molecular weight excluding hydrogens is 432 g/mol. The Kier molecular flexibility index (Phi) is 7.03. The van der Waals surface area contributed by atoms with Gasteiger partial charge in [-0.3, -0.25) is 4.79 Å². The first-order chi connectivity index (χ1) is 15.9. The average molecular weight is 465 g/mol. The van der Waals surface area contributed by atoms with Gasteiger partial charge in [0.05, 0.1) is 24.1 Å². The Balaban J connectivity index is 1.61. The molecule has 1 aliphatic carbocycles. The molecule has 1 heterocycles. The van der Waals surface area contributed by atoms with Gasteiger partial charge in [-0.2, -0.15) is 0 Å². The Bertz CT molecular complexity index is 1150. The number of rotatable bonds is 9. The van der Waals surface area contributed by atoms with Gasteiger partial charge >= 0.3 is 0 Å². The predicted molar refractivity (Wildman–Crippen MR) is 134 cm³/mol. The van der Waals surface area contributed by atoms with E-state index in [1.165, 1.54) is 24.0 Å². The van der Waals surface area contributed by atoms with Gasteiger partial charge in [0.25, 0.3) is 5.91 Å². The van der Waals surface area contributed by atoms with Gasteiger partial charge in [-0.1, -0.05) is 18.2 Å². The summed E-state index contributed by atoms with van der Waals surface area (Å²) in [6, 6.07) is 12.2. The molecule has 0 unspecified atom stereocenters. The average Bonchev–Trinajstić information content (AvgIpc) is 3.56. The maximum atomic E-state index is 13.8. The van der Waals surface area contributed by atoms with Crippen molar-refractivity contribution >= 4 is 17.2 Å². The molecule has 1 saturated carbocycles. The molecule has 0 saturated heterocycles. The predicted octanol–water partition coefficient (Wildman–Crippen LogP) is 5.85. The second kappa shape index (κ2) is 9.96. The van der Waals surface area contributed by atoms with Gasteiger partial charge in [0.15, 0.2) is 0 Å². The monoisotopic (exact) mass is 464 g/mol. The SMILES string of the molecule is COc1ccc(OC)c(CCN(CC2CC2)C(=O)c2nc(C)sc2-c2ccc(C)c(C)c2)c1. The lowest BCUT2D eigenvalue weighted by molar-refractivity contribution is 0.0744. The summed E-state index contributed by atoms with van der Waals surface area (Å²) in [6.07, 6.45) is 3.07. The van der Waals surface area contributed by atoms with Crippen LogP contribution in [0.5, 0.6) is 11.5 Å². The standard InChI is InChI=1S/C27H32N2O3S/c1-17-6-9-22(14-18(17)2)26-25(28-19(3)33-26)27(30)29(16-20-7-8-20)13-12-21-15-23(31-4)10-11-24(21)32-5/h6,9-11,14-15,20H,7-8,12-13,16H2,1-5H3. The van der Waals surface area contributed by atoms with E-state index in [2.05, 4.69) is 37.0 Å². The van der Waals surface area contributed by atoms with E-state index >= 15 is 0 Å². The lowest BCUT2D eigenvalue weighted by atomic mass is 10.0. The molecule has 4 rings (SSSR count). The van der Waals surface area contributed by atoms with Gasteiger partial charge < -0.3 is 14.4 Å². The van der Waals surface area contributed by atoms with Crippen LogP contribution < -0.4 is 9.47 Å². The molecule has 33 heavy (non-hydrogen) atoms. The smallest absolute Gasteiger partial charge is 0.274 e. The maximum Gasteiger partial charge on any atom is 0.274 e. The Morgan fingerprint density at radius 3 is 2.52 bits per heavy atom. The van der Waals surface area contributed by atoms with Gasteiger partial charge in [0.2, 0.25) is 0 Å². The zero-order valence-electron chi connectivity index (χ0n) is 20.1. The van der Waals surface area contributed by atoms with E-state index in [0.717, 1.165) is 39.1 Å². The topological polar surface area (TPSA) is 51.7 Å². The lowest BCUT2D eigenvalue weighted by Gasteiger charge is -2.23. The minimum Gasteiger partial charge on any atom is -0.497 e. The van der Waals surface area contributed by atoms with Crippen molar-refractivity contribution in [3.8, 4) is 21.9 Å². The third kappa shape index (κ3) is 5.38. The quantitative estimate of drug-likeness (QED) is 0.399. The van der Waals surface area contributed by atoms with Crippen LogP contribution in [0.2, 0.25) is 0 Å². The van der Waals surface area contributed by atoms with Crippen molar-refractivity contribution in [3.05, 3.63) is 63.8 Å². The van der Waals surface area contributed by atoms with Crippen molar-refractivity contribution in [2.75, 3.05) is 27.3 Å². The lowest BCUT2D eigenvalue weighted by Crippen LogP contribution is -2.35. The largest absolute Gasteiger partial charge is 0.497 e. The highest BCUT2D eigenvalue weighted by Crippen LogP contribution is 2.34. The van der Waals surface area contributed by atoms with Crippen molar-refractivity contribution in [2.45, 2.75) is 40.0 Å². The van der Waals surface area contributed by atoms with E-state index in [0.29, 0.717) is 24.6 Å². The number of carbonyl (C=O) groups is 1. The highest BCUT2D eigenvalue weighted by Gasteiger charge is 2.30. The summed E-state index contributed by atoms with van der Waals surface area (Å²) in [4.78, 5) is 21.4. The van der Waals surface area contributed by atoms with E-state index in [9.17, 15) is 4.79 Å². The summed E-state index contributed by atoms with van der Waals surface area (Å²) in [5.74, 6) is 2.21. The van der Waals surface area contributed by atoms with Gasteiger partial charge in [0, 0.05) is 13.1 Å². The Morgan fingerprint density at radius 2 is 1.85 bits per heavy atom. The van der Waals surface area contributed by atoms with Crippen molar-refractivity contribution in [2.24, 2.45) is 5.92 Å². The number of amides is 1. The van der Waals surface area contributed by atoms with Crippen LogP contribution >= 0.6 is 11.3 Å². The number of thiazole rings is 1. The first-order valence-electron chi connectivity index (χ1n) is 11.4. The molecule has 1 amide bonds. The molecule has 1 fully saturated rings. The zero-order valence-corrected chi connectivity index (χ0v) is 20.9. The highest BCUT2D eigenvalue weighted by atomic mass is 32.1. The summed E-state index contributed by atoms with van der Waals surface area (Å²) in [6.45, 7) is 7.57. The van der Waals surface area contributed by atoms with Crippen LogP contribution in [0, 0.1) is 26.7 Å². The molecule has 6 heteroatoms. The number of ether oxygens (including phenoxy) is 2. The van der Waals surface area contributed by atoms with Crippen LogP contribution in [0.4, 0.5) is 0 Å². The molecule has 0 bridgehead atoms. The minimum atomic E-state index is 0.0151. The highest BCUT2D eigenvalue weighted by molar-refractivity contribution is 7.15. The van der Waals surface area contributed by atoms with E-state index in [1.807, 2.05) is 30.0 Å². The number of hydrogen-bond acceptors (Lipinski definition) is 5. The fourth-order valence-corrected chi connectivity index (χ4v) is 4.93. The van der Waals surface area contributed by atoms with Crippen LogP contribution in [0.3, 0.4) is 0 Å². The Labute approximate surface area is 200 Å². The van der Waals surface area contributed by atoms with Crippen molar-refractivity contribution in [3.63, 3.8) is 0 Å². The molecule has 1 aromatic heterocycles. The maximum absolute atomic E-state index is 13.8. The number of hydrogen-bond donors (Lipinski definition) is 0. The van der Waals surface area contributed by atoms with E-state index in [4.69, 9.17) is 9.47 Å². The van der Waals surface area contributed by atoms with Crippen LogP contribution in [0.1, 0.15) is 45.0 Å². The number of methoxy groups -OCH3 is 2. The van der Waals surface area contributed by atoms with Gasteiger partial charge in [-0.15, -0.1) is 11.3 Å². The molecule has 5 nitrogen and oxygen atoms in total. The van der Waals surface area contributed by atoms with Crippen molar-refractivity contribution in [1.82, 2.24) is 9.88 Å². The third-order valence-corrected chi connectivity index (χ3v) is 7.33. The molecule has 0 aliphatic heterocycles. The first-order valence-corrected chi connectivity index (χ1v) is 12.3. The molecular formula is C27H32N2O3S. The number of aryl methyl sites for hydroxylation is 3. The second-order valence-corrected chi connectivity index (χ2v) is 10.0. The fraction of sp³-hybridized carbons (Fsp3) is 0.407. The number of nitrogens with zero attached hydrogens (tertiary/aromatic N) is 2. The molecule has 0 radical (unpaired) electrons. The molecule has 0 spiro atoms. The first kappa shape index (κ1) is 23.3. The molecule has 2 aromatic carbocycles. The molecule has 174 valence electrons. The van der Waals surface area contributed by atoms with Crippen LogP contribution in [0.15, 0.2) is 36.4 Å². The number of carbonyl (C=O) groups excluding carboxylic acids is 1. The van der Waals surface area contributed by atoms with Crippen molar-refractivity contribution < 1.29 is 14.3 Å². The Hall–Kier alpha value is -2.86. The summed E-state index contributed by atoms with van der Waals surface area (Å²) in [5, 5.41) is 0.910. The summed E-state index contributed by atoms with van der Waals surface area (Å²) >= 11 is 1.59.